The van der Waals surface area contributed by atoms with Crippen LogP contribution in [0.2, 0.25) is 0 Å². The number of aliphatic hydroxyl groups excluding tert-OH is 2. The molecule has 2 fully saturated rings. The lowest BCUT2D eigenvalue weighted by atomic mass is 9.89. The van der Waals surface area contributed by atoms with Crippen molar-refractivity contribution in [3.63, 3.8) is 0 Å². The second kappa shape index (κ2) is 10.1. The number of hydrogen-bond donors (Lipinski definition) is 2. The molecule has 10 heteroatoms. The van der Waals surface area contributed by atoms with Crippen molar-refractivity contribution in [2.24, 2.45) is 11.8 Å². The number of fused-ring (bicyclic) bond motifs is 2. The van der Waals surface area contributed by atoms with Crippen molar-refractivity contribution in [2.45, 2.75) is 32.0 Å². The molecule has 0 saturated carbocycles. The highest BCUT2D eigenvalue weighted by Crippen LogP contribution is 2.40. The molecule has 0 amide bonds. The summed E-state index contributed by atoms with van der Waals surface area (Å²) in [5, 5.41) is 29.1. The quantitative estimate of drug-likeness (QED) is 0.308. The Hall–Kier alpha value is -3.18. The number of aliphatic hydroxyl groups is 2. The molecule has 39 heavy (non-hydrogen) atoms. The highest BCUT2D eigenvalue weighted by Gasteiger charge is 2.39. The average molecular weight is 559 g/mol. The standard InChI is InChI=1S/C29H30N6O2S2/c1-17-13-38-28-22(17)26(30-15-32-28)34-9-7-19(11-34)24(36)25(37)20-8-10-35(12-20)27-23-21(18-5-3-2-4-6-18)14-39-29(23)33-16-31-27/h2-6,13-16,19-20,24-25,36-37H,7-12H2,1H3. The Morgan fingerprint density at radius 2 is 1.33 bits per heavy atom. The minimum Gasteiger partial charge on any atom is -0.390 e. The molecule has 8 nitrogen and oxygen atoms in total. The lowest BCUT2D eigenvalue weighted by molar-refractivity contribution is -0.0384. The number of aromatic nitrogens is 4. The number of rotatable bonds is 6. The second-order valence-electron chi connectivity index (χ2n) is 10.7. The van der Waals surface area contributed by atoms with Crippen LogP contribution in [0.3, 0.4) is 0 Å². The van der Waals surface area contributed by atoms with Gasteiger partial charge < -0.3 is 20.0 Å². The van der Waals surface area contributed by atoms with Crippen LogP contribution >= 0.6 is 22.7 Å². The number of benzene rings is 1. The van der Waals surface area contributed by atoms with Gasteiger partial charge in [0.2, 0.25) is 0 Å². The molecule has 5 aromatic rings. The van der Waals surface area contributed by atoms with Crippen LogP contribution in [-0.4, -0.2) is 68.5 Å². The van der Waals surface area contributed by atoms with E-state index in [9.17, 15) is 10.2 Å². The largest absolute Gasteiger partial charge is 0.390 e. The molecule has 1 aromatic carbocycles. The highest BCUT2D eigenvalue weighted by molar-refractivity contribution is 7.17. The van der Waals surface area contributed by atoms with E-state index in [1.54, 1.807) is 35.3 Å². The minimum atomic E-state index is -0.790. The van der Waals surface area contributed by atoms with Crippen molar-refractivity contribution in [1.82, 2.24) is 19.9 Å². The van der Waals surface area contributed by atoms with Crippen LogP contribution in [0.1, 0.15) is 18.4 Å². The van der Waals surface area contributed by atoms with E-state index < -0.39 is 12.2 Å². The Bertz CT molecular complexity index is 1620. The summed E-state index contributed by atoms with van der Waals surface area (Å²) < 4.78 is 0. The van der Waals surface area contributed by atoms with Crippen LogP contribution < -0.4 is 9.80 Å². The summed E-state index contributed by atoms with van der Waals surface area (Å²) >= 11 is 3.27. The number of aryl methyl sites for hydroxylation is 1. The SMILES string of the molecule is Cc1csc2ncnc(N3CCC(C(O)C(O)C4CCN(c5ncnc6scc(-c7ccccc7)c56)C4)C3)c12. The van der Waals surface area contributed by atoms with Gasteiger partial charge in [0.1, 0.15) is 34.0 Å². The van der Waals surface area contributed by atoms with Gasteiger partial charge in [-0.15, -0.1) is 22.7 Å². The summed E-state index contributed by atoms with van der Waals surface area (Å²) in [7, 11) is 0. The van der Waals surface area contributed by atoms with Crippen molar-refractivity contribution >= 4 is 54.7 Å². The van der Waals surface area contributed by atoms with E-state index in [-0.39, 0.29) is 11.8 Å². The summed E-state index contributed by atoms with van der Waals surface area (Å²) in [6.45, 7) is 5.03. The van der Waals surface area contributed by atoms with Crippen molar-refractivity contribution in [3.05, 3.63) is 59.3 Å². The fourth-order valence-corrected chi connectivity index (χ4v) is 8.04. The van der Waals surface area contributed by atoms with E-state index in [2.05, 4.69) is 54.6 Å². The van der Waals surface area contributed by atoms with Gasteiger partial charge in [-0.25, -0.2) is 19.9 Å². The minimum absolute atomic E-state index is 0.00896. The zero-order valence-electron chi connectivity index (χ0n) is 21.6. The Labute approximate surface area is 234 Å². The molecule has 4 atom stereocenters. The first kappa shape index (κ1) is 24.8. The van der Waals surface area contributed by atoms with Gasteiger partial charge in [0.05, 0.1) is 23.0 Å². The molecule has 2 aliphatic heterocycles. The van der Waals surface area contributed by atoms with Crippen LogP contribution in [0, 0.1) is 18.8 Å². The molecular formula is C29H30N6O2S2. The van der Waals surface area contributed by atoms with Crippen molar-refractivity contribution in [2.75, 3.05) is 36.0 Å². The Morgan fingerprint density at radius 1 is 0.769 bits per heavy atom. The predicted octanol–water partition coefficient (Wildman–Crippen LogP) is 4.75. The van der Waals surface area contributed by atoms with E-state index in [1.807, 2.05) is 18.2 Å². The van der Waals surface area contributed by atoms with E-state index in [1.165, 1.54) is 5.56 Å². The van der Waals surface area contributed by atoms with Gasteiger partial charge in [0.25, 0.3) is 0 Å². The molecule has 2 N–H and O–H groups in total. The molecule has 200 valence electrons. The van der Waals surface area contributed by atoms with Gasteiger partial charge in [-0.3, -0.25) is 0 Å². The molecule has 7 rings (SSSR count). The van der Waals surface area contributed by atoms with Gasteiger partial charge >= 0.3 is 0 Å². The number of nitrogens with zero attached hydrogens (tertiary/aromatic N) is 6. The van der Waals surface area contributed by atoms with Crippen molar-refractivity contribution in [1.29, 1.82) is 0 Å². The van der Waals surface area contributed by atoms with Crippen LogP contribution in [0.5, 0.6) is 0 Å². The molecule has 2 aliphatic rings. The van der Waals surface area contributed by atoms with Gasteiger partial charge in [-0.1, -0.05) is 30.3 Å². The summed E-state index contributed by atoms with van der Waals surface area (Å²) in [6.07, 6.45) is 3.32. The fourth-order valence-electron chi connectivity index (χ4n) is 6.24. The van der Waals surface area contributed by atoms with E-state index >= 15 is 0 Å². The molecule has 4 aromatic heterocycles. The predicted molar refractivity (Wildman–Crippen MR) is 158 cm³/mol. The van der Waals surface area contributed by atoms with E-state index in [0.29, 0.717) is 13.1 Å². The molecule has 0 aliphatic carbocycles. The van der Waals surface area contributed by atoms with E-state index in [0.717, 1.165) is 69.1 Å². The second-order valence-corrected chi connectivity index (χ2v) is 12.4. The van der Waals surface area contributed by atoms with Gasteiger partial charge in [-0.05, 0) is 36.3 Å². The molecule has 0 spiro atoms. The maximum absolute atomic E-state index is 11.3. The van der Waals surface area contributed by atoms with Crippen LogP contribution in [0.15, 0.2) is 53.7 Å². The summed E-state index contributed by atoms with van der Waals surface area (Å²) in [6, 6.07) is 10.3. The first-order valence-electron chi connectivity index (χ1n) is 13.4. The average Bonchev–Trinajstić information content (AvgIpc) is 3.79. The summed E-state index contributed by atoms with van der Waals surface area (Å²) in [5.74, 6) is 1.82. The Balaban J connectivity index is 1.07. The smallest absolute Gasteiger partial charge is 0.141 e. The number of thiophene rings is 2. The summed E-state index contributed by atoms with van der Waals surface area (Å²) in [4.78, 5) is 24.7. The Morgan fingerprint density at radius 3 is 1.97 bits per heavy atom. The molecule has 0 radical (unpaired) electrons. The van der Waals surface area contributed by atoms with Crippen LogP contribution in [0.25, 0.3) is 31.6 Å². The van der Waals surface area contributed by atoms with Crippen LogP contribution in [-0.2, 0) is 0 Å². The maximum Gasteiger partial charge on any atom is 0.141 e. The number of hydrogen-bond acceptors (Lipinski definition) is 10. The van der Waals surface area contributed by atoms with Crippen LogP contribution in [0.4, 0.5) is 11.6 Å². The zero-order valence-corrected chi connectivity index (χ0v) is 23.3. The van der Waals surface area contributed by atoms with Crippen molar-refractivity contribution in [3.8, 4) is 11.1 Å². The van der Waals surface area contributed by atoms with E-state index in [4.69, 9.17) is 4.98 Å². The number of anilines is 2. The third-order valence-corrected chi connectivity index (χ3v) is 10.2. The van der Waals surface area contributed by atoms with Crippen molar-refractivity contribution < 1.29 is 10.2 Å². The monoisotopic (exact) mass is 558 g/mol. The Kier molecular flexibility index (Phi) is 6.43. The molecule has 6 heterocycles. The third kappa shape index (κ3) is 4.35. The fraction of sp³-hybridized carbons (Fsp3) is 0.379. The van der Waals surface area contributed by atoms with Gasteiger partial charge in [0.15, 0.2) is 0 Å². The molecular weight excluding hydrogens is 528 g/mol. The highest BCUT2D eigenvalue weighted by atomic mass is 32.1. The third-order valence-electron chi connectivity index (χ3n) is 8.33. The normalized spacial score (nSPS) is 21.3. The zero-order chi connectivity index (χ0) is 26.5. The van der Waals surface area contributed by atoms with Gasteiger partial charge in [-0.2, -0.15) is 0 Å². The molecule has 4 unspecified atom stereocenters. The lowest BCUT2D eigenvalue weighted by Gasteiger charge is -2.28. The first-order chi connectivity index (χ1) is 19.1. The summed E-state index contributed by atoms with van der Waals surface area (Å²) in [5.41, 5.74) is 3.47. The van der Waals surface area contributed by atoms with Gasteiger partial charge in [0, 0.05) is 49.0 Å². The molecule has 2 saturated heterocycles. The molecule has 0 bridgehead atoms. The lowest BCUT2D eigenvalue weighted by Crippen LogP contribution is -2.41. The topological polar surface area (TPSA) is 98.5 Å². The maximum atomic E-state index is 11.3. The first-order valence-corrected chi connectivity index (χ1v) is 15.2.